The van der Waals surface area contributed by atoms with Crippen molar-refractivity contribution in [1.29, 1.82) is 0 Å². The van der Waals surface area contributed by atoms with Crippen molar-refractivity contribution in [2.24, 2.45) is 11.8 Å². The molecule has 30 heavy (non-hydrogen) atoms. The molecule has 2 unspecified atom stereocenters. The molecule has 160 valence electrons. The largest absolute Gasteiger partial charge is 0.494 e. The van der Waals surface area contributed by atoms with Crippen molar-refractivity contribution in [3.05, 3.63) is 35.9 Å². The van der Waals surface area contributed by atoms with E-state index in [2.05, 4.69) is 9.88 Å². The second-order valence-corrected chi connectivity index (χ2v) is 8.03. The van der Waals surface area contributed by atoms with Gasteiger partial charge in [-0.25, -0.2) is 9.37 Å². The third-order valence-electron chi connectivity index (χ3n) is 6.27. The Hall–Kier alpha value is -2.39. The molecule has 0 N–H and O–H groups in total. The van der Waals surface area contributed by atoms with Crippen molar-refractivity contribution < 1.29 is 27.0 Å². The number of ether oxygens (including phenoxy) is 2. The number of hydrogen-bond donors (Lipinski definition) is 0. The highest BCUT2D eigenvalue weighted by atomic mass is 19.4. The number of halogens is 4. The third kappa shape index (κ3) is 3.11. The van der Waals surface area contributed by atoms with Crippen LogP contribution in [-0.2, 0) is 17.5 Å². The maximum absolute atomic E-state index is 14.4. The van der Waals surface area contributed by atoms with E-state index in [1.807, 2.05) is 0 Å². The molecule has 9 heteroatoms. The summed E-state index contributed by atoms with van der Waals surface area (Å²) in [5.74, 6) is 0.372. The molecular weight excluding hydrogens is 402 g/mol. The van der Waals surface area contributed by atoms with Crippen LogP contribution in [0.25, 0.3) is 21.8 Å². The van der Waals surface area contributed by atoms with Gasteiger partial charge in [-0.05, 0) is 12.1 Å². The first-order valence-corrected chi connectivity index (χ1v) is 9.88. The lowest BCUT2D eigenvalue weighted by molar-refractivity contribution is -0.140. The Bertz CT molecular complexity index is 1100. The minimum atomic E-state index is -4.61. The van der Waals surface area contributed by atoms with Crippen molar-refractivity contribution in [2.45, 2.75) is 12.7 Å². The van der Waals surface area contributed by atoms with E-state index in [1.54, 1.807) is 4.57 Å². The van der Waals surface area contributed by atoms with Crippen LogP contribution in [0.2, 0.25) is 0 Å². The summed E-state index contributed by atoms with van der Waals surface area (Å²) < 4.78 is 67.8. The van der Waals surface area contributed by atoms with Gasteiger partial charge in [0.25, 0.3) is 0 Å². The van der Waals surface area contributed by atoms with E-state index in [4.69, 9.17) is 9.47 Å². The SMILES string of the molecule is COc1cc2c(cc1F)c1ccnc(C(F)(F)F)c1n2CCN1CC2COCC2C1. The Morgan fingerprint density at radius 2 is 1.87 bits per heavy atom. The minimum Gasteiger partial charge on any atom is -0.494 e. The lowest BCUT2D eigenvalue weighted by atomic mass is 10.0. The summed E-state index contributed by atoms with van der Waals surface area (Å²) in [6.07, 6.45) is -3.49. The van der Waals surface area contributed by atoms with Gasteiger partial charge in [0.2, 0.25) is 0 Å². The number of likely N-dealkylation sites (tertiary alicyclic amines) is 1. The third-order valence-corrected chi connectivity index (χ3v) is 6.27. The fraction of sp³-hybridized carbons (Fsp3) is 0.476. The first-order chi connectivity index (χ1) is 14.4. The molecule has 0 aliphatic carbocycles. The summed E-state index contributed by atoms with van der Waals surface area (Å²) in [5.41, 5.74) is -0.470. The standard InChI is InChI=1S/C21H21F4N3O2/c1-29-18-7-17-15(6-16(18)22)14-2-3-26-20(21(23,24)25)19(14)28(17)5-4-27-8-12-10-30-11-13(12)9-27/h2-3,6-7,12-13H,4-5,8-11H2,1H3. The second-order valence-electron chi connectivity index (χ2n) is 8.03. The molecular formula is C21H21F4N3O2. The number of aromatic nitrogens is 2. The van der Waals surface area contributed by atoms with E-state index < -0.39 is 17.7 Å². The molecule has 5 nitrogen and oxygen atoms in total. The Balaban J connectivity index is 1.61. The fourth-order valence-electron chi connectivity index (χ4n) is 4.85. The average molecular weight is 423 g/mol. The summed E-state index contributed by atoms with van der Waals surface area (Å²) in [4.78, 5) is 5.89. The zero-order chi connectivity index (χ0) is 21.0. The molecule has 2 aromatic heterocycles. The van der Waals surface area contributed by atoms with Crippen LogP contribution < -0.4 is 4.74 Å². The lowest BCUT2D eigenvalue weighted by Crippen LogP contribution is -2.27. The molecule has 0 spiro atoms. The van der Waals surface area contributed by atoms with E-state index in [9.17, 15) is 17.6 Å². The molecule has 0 bridgehead atoms. The van der Waals surface area contributed by atoms with E-state index in [1.165, 1.54) is 25.3 Å². The highest BCUT2D eigenvalue weighted by Gasteiger charge is 2.38. The molecule has 2 fully saturated rings. The molecule has 2 aliphatic rings. The minimum absolute atomic E-state index is 0.000859. The predicted molar refractivity (Wildman–Crippen MR) is 103 cm³/mol. The number of hydrogen-bond acceptors (Lipinski definition) is 4. The Kier molecular flexibility index (Phi) is 4.62. The van der Waals surface area contributed by atoms with Gasteiger partial charge in [0.05, 0.1) is 31.4 Å². The molecule has 2 saturated heterocycles. The average Bonchev–Trinajstić information content (AvgIpc) is 3.36. The van der Waals surface area contributed by atoms with Crippen LogP contribution in [0.1, 0.15) is 5.69 Å². The number of alkyl halides is 3. The number of rotatable bonds is 4. The van der Waals surface area contributed by atoms with Crippen molar-refractivity contribution in [3.63, 3.8) is 0 Å². The first kappa shape index (κ1) is 19.6. The van der Waals surface area contributed by atoms with E-state index >= 15 is 0 Å². The zero-order valence-electron chi connectivity index (χ0n) is 16.4. The van der Waals surface area contributed by atoms with Crippen molar-refractivity contribution >= 4 is 21.8 Å². The van der Waals surface area contributed by atoms with Crippen molar-refractivity contribution in [2.75, 3.05) is 40.0 Å². The van der Waals surface area contributed by atoms with E-state index in [-0.39, 0.29) is 11.3 Å². The zero-order valence-corrected chi connectivity index (χ0v) is 16.4. The van der Waals surface area contributed by atoms with Gasteiger partial charge in [0.1, 0.15) is 0 Å². The molecule has 2 aliphatic heterocycles. The van der Waals surface area contributed by atoms with Crippen LogP contribution in [0.4, 0.5) is 17.6 Å². The molecule has 5 rings (SSSR count). The van der Waals surface area contributed by atoms with Gasteiger partial charge in [-0.15, -0.1) is 0 Å². The fourth-order valence-corrected chi connectivity index (χ4v) is 4.85. The monoisotopic (exact) mass is 423 g/mol. The number of pyridine rings is 1. The maximum atomic E-state index is 14.4. The normalized spacial score (nSPS) is 22.3. The number of benzene rings is 1. The molecule has 2 atom stereocenters. The molecule has 4 heterocycles. The quantitative estimate of drug-likeness (QED) is 0.596. The smallest absolute Gasteiger partial charge is 0.435 e. The summed E-state index contributed by atoms with van der Waals surface area (Å²) >= 11 is 0. The van der Waals surface area contributed by atoms with E-state index in [0.717, 1.165) is 32.5 Å². The van der Waals surface area contributed by atoms with Gasteiger partial charge in [-0.3, -0.25) is 0 Å². The highest BCUT2D eigenvalue weighted by molar-refractivity contribution is 6.09. The summed E-state index contributed by atoms with van der Waals surface area (Å²) in [6.45, 7) is 4.18. The van der Waals surface area contributed by atoms with Crippen LogP contribution in [0.3, 0.4) is 0 Å². The second kappa shape index (κ2) is 7.09. The van der Waals surface area contributed by atoms with E-state index in [0.29, 0.717) is 41.2 Å². The van der Waals surface area contributed by atoms with Crippen molar-refractivity contribution in [3.8, 4) is 5.75 Å². The van der Waals surface area contributed by atoms with Crippen molar-refractivity contribution in [1.82, 2.24) is 14.5 Å². The molecule has 0 radical (unpaired) electrons. The maximum Gasteiger partial charge on any atom is 0.435 e. The molecule has 0 saturated carbocycles. The molecule has 0 amide bonds. The predicted octanol–water partition coefficient (Wildman–Crippen LogP) is 3.93. The van der Waals surface area contributed by atoms with Gasteiger partial charge < -0.3 is 18.9 Å². The highest BCUT2D eigenvalue weighted by Crippen LogP contribution is 2.39. The Labute approximate surface area is 170 Å². The number of fused-ring (bicyclic) bond motifs is 4. The molecule has 1 aromatic carbocycles. The van der Waals surface area contributed by atoms with Crippen LogP contribution in [0, 0.1) is 17.7 Å². The summed E-state index contributed by atoms with van der Waals surface area (Å²) in [6, 6.07) is 4.22. The van der Waals surface area contributed by atoms with Gasteiger partial charge in [-0.1, -0.05) is 0 Å². The lowest BCUT2D eigenvalue weighted by Gasteiger charge is -2.19. The number of nitrogens with zero attached hydrogens (tertiary/aromatic N) is 3. The summed E-state index contributed by atoms with van der Waals surface area (Å²) in [5, 5.41) is 0.753. The van der Waals surface area contributed by atoms with Gasteiger partial charge in [0, 0.05) is 61.1 Å². The Morgan fingerprint density at radius 1 is 1.13 bits per heavy atom. The topological polar surface area (TPSA) is 39.5 Å². The van der Waals surface area contributed by atoms with Crippen LogP contribution in [0.5, 0.6) is 5.75 Å². The summed E-state index contributed by atoms with van der Waals surface area (Å²) in [7, 11) is 1.34. The van der Waals surface area contributed by atoms with Crippen LogP contribution in [-0.4, -0.2) is 54.4 Å². The molecule has 3 aromatic rings. The first-order valence-electron chi connectivity index (χ1n) is 9.88. The Morgan fingerprint density at radius 3 is 2.53 bits per heavy atom. The van der Waals surface area contributed by atoms with Gasteiger partial charge in [0.15, 0.2) is 17.3 Å². The van der Waals surface area contributed by atoms with Crippen LogP contribution >= 0.6 is 0 Å². The number of methoxy groups -OCH3 is 1. The van der Waals surface area contributed by atoms with Crippen LogP contribution in [0.15, 0.2) is 24.4 Å². The van der Waals surface area contributed by atoms with Gasteiger partial charge >= 0.3 is 6.18 Å². The van der Waals surface area contributed by atoms with Gasteiger partial charge in [-0.2, -0.15) is 13.2 Å².